The summed E-state index contributed by atoms with van der Waals surface area (Å²) in [5, 5.41) is 17.5. The van der Waals surface area contributed by atoms with E-state index in [1.54, 1.807) is 24.3 Å². The van der Waals surface area contributed by atoms with Gasteiger partial charge in [-0.15, -0.1) is 0 Å². The highest BCUT2D eigenvalue weighted by molar-refractivity contribution is 14.1. The van der Waals surface area contributed by atoms with Gasteiger partial charge in [-0.2, -0.15) is 13.2 Å². The number of halogens is 5. The van der Waals surface area contributed by atoms with E-state index in [0.717, 1.165) is 31.6 Å². The number of aliphatic hydroxyl groups is 1. The lowest BCUT2D eigenvalue weighted by Crippen LogP contribution is -2.62. The van der Waals surface area contributed by atoms with Crippen LogP contribution in [0.25, 0.3) is 0 Å². The van der Waals surface area contributed by atoms with E-state index in [2.05, 4.69) is 53.5 Å². The van der Waals surface area contributed by atoms with Gasteiger partial charge in [-0.25, -0.2) is 15.0 Å². The van der Waals surface area contributed by atoms with Crippen LogP contribution in [0.15, 0.2) is 24.3 Å². The van der Waals surface area contributed by atoms with E-state index in [4.69, 9.17) is 0 Å². The number of nitrogens with one attached hydrogen (secondary N) is 5. The summed E-state index contributed by atoms with van der Waals surface area (Å²) in [6.45, 7) is 2.79. The number of hydrazine groups is 1. The molecule has 0 spiro atoms. The van der Waals surface area contributed by atoms with Crippen molar-refractivity contribution in [3.05, 3.63) is 33.4 Å². The number of rotatable bonds is 14. The molecule has 17 heteroatoms. The van der Waals surface area contributed by atoms with Crippen molar-refractivity contribution in [1.82, 2.24) is 26.8 Å². The van der Waals surface area contributed by atoms with Crippen LogP contribution in [-0.4, -0.2) is 87.0 Å². The smallest absolute Gasteiger partial charge is 0.407 e. The Balaban J connectivity index is 3.20. The van der Waals surface area contributed by atoms with Crippen LogP contribution in [0, 0.1) is 14.4 Å². The van der Waals surface area contributed by atoms with Gasteiger partial charge in [-0.1, -0.05) is 26.0 Å². The predicted molar refractivity (Wildman–Crippen MR) is 155 cm³/mol. The first-order valence-electron chi connectivity index (χ1n) is 12.9. The van der Waals surface area contributed by atoms with Gasteiger partial charge in [-0.3, -0.25) is 19.4 Å². The van der Waals surface area contributed by atoms with E-state index < -0.39 is 78.5 Å². The molecule has 0 radical (unpaired) electrons. The summed E-state index contributed by atoms with van der Waals surface area (Å²) in [5.74, 6) is -2.13. The highest BCUT2D eigenvalue weighted by Gasteiger charge is 2.56. The first-order valence-corrected chi connectivity index (χ1v) is 14.0. The fraction of sp³-hybridized carbons (Fsp3) is 0.615. The topological polar surface area (TPSA) is 167 Å². The van der Waals surface area contributed by atoms with Gasteiger partial charge < -0.3 is 30.5 Å². The minimum atomic E-state index is -4.92. The molecule has 1 aromatic carbocycles. The Labute approximate surface area is 260 Å². The van der Waals surface area contributed by atoms with Crippen LogP contribution in [0.5, 0.6) is 0 Å². The Morgan fingerprint density at radius 1 is 0.884 bits per heavy atom. The number of benzene rings is 1. The van der Waals surface area contributed by atoms with E-state index in [0.29, 0.717) is 5.56 Å². The molecule has 0 aliphatic carbocycles. The largest absolute Gasteiger partial charge is 0.453 e. The Kier molecular flexibility index (Phi) is 14.4. The summed E-state index contributed by atoms with van der Waals surface area (Å²) in [6.07, 6.45) is -8.76. The van der Waals surface area contributed by atoms with Crippen molar-refractivity contribution in [2.24, 2.45) is 10.8 Å². The lowest BCUT2D eigenvalue weighted by atomic mass is 9.82. The number of alkyl halides is 4. The molecule has 6 N–H and O–H groups in total. The second-order valence-corrected chi connectivity index (χ2v) is 12.1. The maximum Gasteiger partial charge on any atom is 0.407 e. The SMILES string of the molecule is COC(=O)N[C@H](C(=O)NNC[C@H](O)[C@H](Cc1ccc(I)cc1)NC(=O)[C@@H](NC(=O)OC)C(C)(C)C(F)(F)F)C(C)(C)CF. The molecule has 0 aliphatic rings. The Bertz CT molecular complexity index is 1110. The van der Waals surface area contributed by atoms with Crippen LogP contribution in [0.1, 0.15) is 33.3 Å². The van der Waals surface area contributed by atoms with E-state index in [1.165, 1.54) is 13.8 Å². The summed E-state index contributed by atoms with van der Waals surface area (Å²) in [7, 11) is 1.98. The number of ether oxygens (including phenoxy) is 2. The minimum absolute atomic E-state index is 0.0573. The summed E-state index contributed by atoms with van der Waals surface area (Å²) in [6, 6.07) is 2.10. The number of alkyl carbamates (subject to hydrolysis) is 2. The van der Waals surface area contributed by atoms with Crippen molar-refractivity contribution in [2.45, 2.75) is 64.5 Å². The third-order valence-electron chi connectivity index (χ3n) is 6.68. The number of hydrogen-bond acceptors (Lipinski definition) is 8. The molecule has 0 aromatic heterocycles. The number of carbonyl (C=O) groups excluding carboxylic acids is 4. The quantitative estimate of drug-likeness (QED) is 0.0963. The number of hydrogen-bond donors (Lipinski definition) is 6. The Hall–Kier alpha value is -2.93. The third-order valence-corrected chi connectivity index (χ3v) is 7.40. The minimum Gasteiger partial charge on any atom is -0.453 e. The average Bonchev–Trinajstić information content (AvgIpc) is 2.93. The fourth-order valence-electron chi connectivity index (χ4n) is 3.66. The van der Waals surface area contributed by atoms with Gasteiger partial charge in [-0.05, 0) is 60.6 Å². The monoisotopic (exact) mass is 735 g/mol. The predicted octanol–water partition coefficient (Wildman–Crippen LogP) is 2.33. The highest BCUT2D eigenvalue weighted by atomic mass is 127. The van der Waals surface area contributed by atoms with Crippen LogP contribution in [-0.2, 0) is 25.5 Å². The standard InChI is InChI=1S/C26H38F4IN5O7/c1-24(2,13-27)18(34-22(40)42-5)21(39)36-32-12-17(37)16(11-14-7-9-15(31)10-8-14)33-20(38)19(35-23(41)43-6)25(3,4)26(28,29)30/h7-10,16-19,32,37H,11-13H2,1-6H3,(H,33,38)(H,34,40)(H,35,41)(H,36,39)/t16-,17-,18+,19+/m0/s1. The molecule has 4 atom stereocenters. The maximum atomic E-state index is 13.9. The van der Waals surface area contributed by atoms with E-state index in [9.17, 15) is 41.8 Å². The van der Waals surface area contributed by atoms with Crippen molar-refractivity contribution in [3.8, 4) is 0 Å². The first kappa shape index (κ1) is 38.1. The first-order chi connectivity index (χ1) is 19.8. The van der Waals surface area contributed by atoms with Crippen molar-refractivity contribution in [3.63, 3.8) is 0 Å². The highest BCUT2D eigenvalue weighted by Crippen LogP contribution is 2.40. The van der Waals surface area contributed by atoms with Crippen molar-refractivity contribution >= 4 is 46.6 Å². The van der Waals surface area contributed by atoms with Gasteiger partial charge in [0.15, 0.2) is 0 Å². The lowest BCUT2D eigenvalue weighted by molar-refractivity contribution is -0.220. The lowest BCUT2D eigenvalue weighted by Gasteiger charge is -2.36. The van der Waals surface area contributed by atoms with Crippen molar-refractivity contribution < 1.29 is 51.3 Å². The molecule has 0 aliphatic heterocycles. The maximum absolute atomic E-state index is 13.9. The van der Waals surface area contributed by atoms with Gasteiger partial charge >= 0.3 is 18.4 Å². The Morgan fingerprint density at radius 3 is 1.86 bits per heavy atom. The Morgan fingerprint density at radius 2 is 1.40 bits per heavy atom. The number of amides is 4. The molecule has 0 bridgehead atoms. The van der Waals surface area contributed by atoms with Crippen LogP contribution in [0.4, 0.5) is 27.2 Å². The number of aliphatic hydroxyl groups excluding tert-OH is 1. The molecule has 1 aromatic rings. The molecule has 12 nitrogen and oxygen atoms in total. The molecular weight excluding hydrogens is 697 g/mol. The van der Waals surface area contributed by atoms with E-state index in [-0.39, 0.29) is 6.42 Å². The van der Waals surface area contributed by atoms with Crippen LogP contribution < -0.4 is 26.8 Å². The summed E-state index contributed by atoms with van der Waals surface area (Å²) >= 11 is 2.06. The average molecular weight is 736 g/mol. The molecule has 4 amide bonds. The number of carbonyl (C=O) groups is 4. The molecule has 0 saturated heterocycles. The second-order valence-electron chi connectivity index (χ2n) is 10.9. The molecule has 0 saturated carbocycles. The zero-order valence-corrected chi connectivity index (χ0v) is 26.7. The molecular formula is C26H38F4IN5O7. The zero-order valence-electron chi connectivity index (χ0n) is 24.5. The van der Waals surface area contributed by atoms with Crippen LogP contribution >= 0.6 is 22.6 Å². The van der Waals surface area contributed by atoms with Gasteiger partial charge in [0.25, 0.3) is 5.91 Å². The molecule has 1 rings (SSSR count). The van der Waals surface area contributed by atoms with E-state index >= 15 is 0 Å². The fourth-order valence-corrected chi connectivity index (χ4v) is 4.02. The van der Waals surface area contributed by atoms with Gasteiger partial charge in [0.1, 0.15) is 12.1 Å². The summed E-state index contributed by atoms with van der Waals surface area (Å²) in [4.78, 5) is 49.5. The zero-order chi connectivity index (χ0) is 33.2. The molecule has 0 heterocycles. The van der Waals surface area contributed by atoms with Crippen molar-refractivity contribution in [1.29, 1.82) is 0 Å². The van der Waals surface area contributed by atoms with Gasteiger partial charge in [0.05, 0.1) is 38.5 Å². The molecule has 43 heavy (non-hydrogen) atoms. The normalized spacial score (nSPS) is 14.9. The molecule has 0 fully saturated rings. The van der Waals surface area contributed by atoms with Crippen molar-refractivity contribution in [2.75, 3.05) is 27.4 Å². The molecule has 244 valence electrons. The van der Waals surface area contributed by atoms with Crippen LogP contribution in [0.3, 0.4) is 0 Å². The van der Waals surface area contributed by atoms with E-state index in [1.807, 2.05) is 5.32 Å². The second kappa shape index (κ2) is 16.2. The van der Waals surface area contributed by atoms with Gasteiger partial charge in [0.2, 0.25) is 5.91 Å². The van der Waals surface area contributed by atoms with Gasteiger partial charge in [0, 0.05) is 15.5 Å². The molecule has 0 unspecified atom stereocenters. The summed E-state index contributed by atoms with van der Waals surface area (Å²) < 4.78 is 65.0. The third kappa shape index (κ3) is 11.3. The number of methoxy groups -OCH3 is 2. The van der Waals surface area contributed by atoms with Crippen LogP contribution in [0.2, 0.25) is 0 Å². The summed E-state index contributed by atoms with van der Waals surface area (Å²) in [5.41, 5.74) is 1.18.